The highest BCUT2D eigenvalue weighted by atomic mass is 19.4. The van der Waals surface area contributed by atoms with Crippen LogP contribution in [0.5, 0.6) is 0 Å². The monoisotopic (exact) mass is 177 g/mol. The molecule has 0 amide bonds. The first-order chi connectivity index (χ1) is 5.52. The molecule has 1 atom stereocenters. The smallest absolute Gasteiger partial charge is 0.379 e. The van der Waals surface area contributed by atoms with E-state index in [0.717, 1.165) is 6.20 Å². The summed E-state index contributed by atoms with van der Waals surface area (Å²) < 4.78 is 35.6. The van der Waals surface area contributed by atoms with Gasteiger partial charge in [0.05, 0.1) is 0 Å². The number of hydrogen-bond acceptors (Lipinski definition) is 2. The summed E-state index contributed by atoms with van der Waals surface area (Å²) in [5, 5.41) is 8.69. The Morgan fingerprint density at radius 2 is 2.08 bits per heavy atom. The molecule has 0 spiro atoms. The molecule has 0 fully saturated rings. The van der Waals surface area contributed by atoms with Crippen molar-refractivity contribution >= 4 is 0 Å². The second-order valence-electron chi connectivity index (χ2n) is 2.23. The summed E-state index contributed by atoms with van der Waals surface area (Å²) in [7, 11) is 0. The van der Waals surface area contributed by atoms with Crippen LogP contribution in [0.2, 0.25) is 0 Å². The molecule has 1 aromatic rings. The van der Waals surface area contributed by atoms with Gasteiger partial charge >= 0.3 is 6.18 Å². The highest BCUT2D eigenvalue weighted by molar-refractivity contribution is 5.13. The third-order valence-electron chi connectivity index (χ3n) is 1.31. The molecule has 0 unspecified atom stereocenters. The minimum atomic E-state index is -4.62. The SMILES string of the molecule is O[C@H](c1cccnc1)C(F)(F)F. The number of alkyl halides is 3. The molecule has 0 aliphatic rings. The van der Waals surface area contributed by atoms with Crippen LogP contribution >= 0.6 is 0 Å². The van der Waals surface area contributed by atoms with Crippen molar-refractivity contribution in [3.05, 3.63) is 30.1 Å². The lowest BCUT2D eigenvalue weighted by molar-refractivity contribution is -0.206. The topological polar surface area (TPSA) is 33.1 Å². The van der Waals surface area contributed by atoms with Crippen molar-refractivity contribution in [2.75, 3.05) is 0 Å². The number of hydrogen-bond donors (Lipinski definition) is 1. The first-order valence-corrected chi connectivity index (χ1v) is 3.16. The lowest BCUT2D eigenvalue weighted by Gasteiger charge is -2.13. The van der Waals surface area contributed by atoms with Gasteiger partial charge in [-0.2, -0.15) is 13.2 Å². The van der Waals surface area contributed by atoms with Crippen LogP contribution in [0.4, 0.5) is 13.2 Å². The Morgan fingerprint density at radius 3 is 2.50 bits per heavy atom. The van der Waals surface area contributed by atoms with Gasteiger partial charge in [0.1, 0.15) is 0 Å². The number of pyridine rings is 1. The van der Waals surface area contributed by atoms with E-state index in [4.69, 9.17) is 5.11 Å². The average Bonchev–Trinajstić information content (AvgIpc) is 2.03. The molecular weight excluding hydrogens is 171 g/mol. The molecule has 1 rings (SSSR count). The number of halogens is 3. The zero-order chi connectivity index (χ0) is 9.19. The van der Waals surface area contributed by atoms with Crippen LogP contribution in [-0.2, 0) is 0 Å². The molecular formula is C7H6F3NO. The lowest BCUT2D eigenvalue weighted by atomic mass is 10.1. The van der Waals surface area contributed by atoms with Crippen molar-refractivity contribution in [2.24, 2.45) is 0 Å². The normalized spacial score (nSPS) is 14.3. The van der Waals surface area contributed by atoms with Gasteiger partial charge in [0, 0.05) is 18.0 Å². The predicted molar refractivity (Wildman–Crippen MR) is 35.3 cm³/mol. The largest absolute Gasteiger partial charge is 0.418 e. The molecule has 0 aliphatic carbocycles. The summed E-state index contributed by atoms with van der Waals surface area (Å²) in [6.07, 6.45) is -4.74. The van der Waals surface area contributed by atoms with Crippen molar-refractivity contribution in [3.63, 3.8) is 0 Å². The molecule has 1 heterocycles. The van der Waals surface area contributed by atoms with E-state index in [1.807, 2.05) is 0 Å². The van der Waals surface area contributed by atoms with Crippen molar-refractivity contribution < 1.29 is 18.3 Å². The molecule has 0 aromatic carbocycles. The van der Waals surface area contributed by atoms with Crippen LogP contribution in [0.1, 0.15) is 11.7 Å². The number of nitrogens with zero attached hydrogens (tertiary/aromatic N) is 1. The van der Waals surface area contributed by atoms with Gasteiger partial charge in [-0.3, -0.25) is 4.98 Å². The van der Waals surface area contributed by atoms with Crippen LogP contribution in [0.3, 0.4) is 0 Å². The highest BCUT2D eigenvalue weighted by Gasteiger charge is 2.39. The number of rotatable bonds is 1. The average molecular weight is 177 g/mol. The van der Waals surface area contributed by atoms with E-state index in [1.54, 1.807) is 0 Å². The highest BCUT2D eigenvalue weighted by Crippen LogP contribution is 2.31. The Bertz CT molecular complexity index is 247. The Balaban J connectivity index is 2.86. The molecule has 0 bridgehead atoms. The number of aliphatic hydroxyl groups is 1. The molecule has 12 heavy (non-hydrogen) atoms. The van der Waals surface area contributed by atoms with E-state index in [1.165, 1.54) is 18.3 Å². The van der Waals surface area contributed by atoms with E-state index in [-0.39, 0.29) is 5.56 Å². The summed E-state index contributed by atoms with van der Waals surface area (Å²) >= 11 is 0. The van der Waals surface area contributed by atoms with Gasteiger partial charge in [0.25, 0.3) is 0 Å². The summed E-state index contributed by atoms with van der Waals surface area (Å²) in [6, 6.07) is 2.51. The van der Waals surface area contributed by atoms with Crippen LogP contribution < -0.4 is 0 Å². The first kappa shape index (κ1) is 8.99. The fraction of sp³-hybridized carbons (Fsp3) is 0.286. The number of aromatic nitrogens is 1. The minimum Gasteiger partial charge on any atom is -0.379 e. The predicted octanol–water partition coefficient (Wildman–Crippen LogP) is 1.68. The Labute approximate surface area is 66.7 Å². The van der Waals surface area contributed by atoms with E-state index in [0.29, 0.717) is 0 Å². The van der Waals surface area contributed by atoms with Gasteiger partial charge in [-0.1, -0.05) is 6.07 Å². The molecule has 0 saturated heterocycles. The van der Waals surface area contributed by atoms with Gasteiger partial charge in [0.2, 0.25) is 0 Å². The van der Waals surface area contributed by atoms with Crippen molar-refractivity contribution in [1.82, 2.24) is 4.98 Å². The Morgan fingerprint density at radius 1 is 1.42 bits per heavy atom. The molecule has 1 aromatic heterocycles. The van der Waals surface area contributed by atoms with Crippen LogP contribution in [-0.4, -0.2) is 16.3 Å². The van der Waals surface area contributed by atoms with Crippen molar-refractivity contribution in [2.45, 2.75) is 12.3 Å². The molecule has 0 saturated carbocycles. The van der Waals surface area contributed by atoms with Crippen LogP contribution in [0.15, 0.2) is 24.5 Å². The molecule has 0 aliphatic heterocycles. The fourth-order valence-electron chi connectivity index (χ4n) is 0.727. The number of aliphatic hydroxyl groups excluding tert-OH is 1. The van der Waals surface area contributed by atoms with Gasteiger partial charge < -0.3 is 5.11 Å². The second kappa shape index (κ2) is 3.10. The summed E-state index contributed by atoms with van der Waals surface area (Å²) in [5.74, 6) is 0. The molecule has 2 nitrogen and oxygen atoms in total. The maximum atomic E-state index is 11.9. The van der Waals surface area contributed by atoms with Crippen molar-refractivity contribution in [1.29, 1.82) is 0 Å². The van der Waals surface area contributed by atoms with E-state index in [2.05, 4.69) is 4.98 Å². The third-order valence-corrected chi connectivity index (χ3v) is 1.31. The zero-order valence-electron chi connectivity index (χ0n) is 5.92. The lowest BCUT2D eigenvalue weighted by Crippen LogP contribution is -2.20. The van der Waals surface area contributed by atoms with E-state index < -0.39 is 12.3 Å². The van der Waals surface area contributed by atoms with Crippen LogP contribution in [0.25, 0.3) is 0 Å². The maximum Gasteiger partial charge on any atom is 0.418 e. The second-order valence-corrected chi connectivity index (χ2v) is 2.23. The van der Waals surface area contributed by atoms with Gasteiger partial charge in [-0.25, -0.2) is 0 Å². The maximum absolute atomic E-state index is 11.9. The first-order valence-electron chi connectivity index (χ1n) is 3.16. The fourth-order valence-corrected chi connectivity index (χ4v) is 0.727. The quantitative estimate of drug-likeness (QED) is 0.707. The minimum absolute atomic E-state index is 0.245. The third kappa shape index (κ3) is 1.94. The molecule has 5 heteroatoms. The molecule has 1 N–H and O–H groups in total. The molecule has 0 radical (unpaired) electrons. The standard InChI is InChI=1S/C7H6F3NO/c8-7(9,10)6(12)5-2-1-3-11-4-5/h1-4,6,12H/t6-/m1/s1. The van der Waals surface area contributed by atoms with E-state index >= 15 is 0 Å². The summed E-state index contributed by atoms with van der Waals surface area (Å²) in [6.45, 7) is 0. The Kier molecular flexibility index (Phi) is 2.32. The van der Waals surface area contributed by atoms with E-state index in [9.17, 15) is 13.2 Å². The Hall–Kier alpha value is -1.10. The van der Waals surface area contributed by atoms with Crippen molar-refractivity contribution in [3.8, 4) is 0 Å². The summed E-state index contributed by atoms with van der Waals surface area (Å²) in [5.41, 5.74) is -0.245. The molecule has 66 valence electrons. The van der Waals surface area contributed by atoms with Crippen LogP contribution in [0, 0.1) is 0 Å². The van der Waals surface area contributed by atoms with Gasteiger partial charge in [0.15, 0.2) is 6.10 Å². The van der Waals surface area contributed by atoms with Gasteiger partial charge in [-0.15, -0.1) is 0 Å². The zero-order valence-corrected chi connectivity index (χ0v) is 5.92. The summed E-state index contributed by atoms with van der Waals surface area (Å²) in [4.78, 5) is 3.46. The van der Waals surface area contributed by atoms with Gasteiger partial charge in [-0.05, 0) is 6.07 Å².